The molecule has 1 atom stereocenters. The summed E-state index contributed by atoms with van der Waals surface area (Å²) in [4.78, 5) is 36.8. The predicted molar refractivity (Wildman–Crippen MR) is 124 cm³/mol. The molecular weight excluding hydrogens is 441 g/mol. The molecule has 3 heterocycles. The highest BCUT2D eigenvalue weighted by atomic mass is 19.1. The van der Waals surface area contributed by atoms with Gasteiger partial charge < -0.3 is 19.7 Å². The zero-order valence-corrected chi connectivity index (χ0v) is 19.7. The topological polar surface area (TPSA) is 96.9 Å². The predicted octanol–water partition coefficient (Wildman–Crippen LogP) is 3.46. The van der Waals surface area contributed by atoms with Crippen molar-refractivity contribution in [1.82, 2.24) is 14.9 Å². The molecule has 10 heteroatoms. The quantitative estimate of drug-likeness (QED) is 0.661. The smallest absolute Gasteiger partial charge is 0.415 e. The van der Waals surface area contributed by atoms with Crippen molar-refractivity contribution in [2.24, 2.45) is 5.92 Å². The van der Waals surface area contributed by atoms with Gasteiger partial charge in [0.15, 0.2) is 0 Å². The number of benzene rings is 1. The van der Waals surface area contributed by atoms with Gasteiger partial charge >= 0.3 is 6.09 Å². The minimum atomic E-state index is -0.572. The minimum absolute atomic E-state index is 0.0447. The van der Waals surface area contributed by atoms with Gasteiger partial charge in [-0.25, -0.2) is 14.2 Å². The summed E-state index contributed by atoms with van der Waals surface area (Å²) in [6.45, 7) is 5.82. The van der Waals surface area contributed by atoms with Crippen LogP contribution in [0.1, 0.15) is 42.6 Å². The Labute approximate surface area is 198 Å². The molecule has 9 nitrogen and oxygen atoms in total. The SMILES string of the molecule is CC(C)C1COC(=O)N1c1ccnc(NCc2ccc(C(=O)N(C)C3CCOCC3)c(F)c2)n1. The molecular formula is C24H30FN5O4. The number of anilines is 2. The molecule has 1 N–H and O–H groups in total. The van der Waals surface area contributed by atoms with Gasteiger partial charge in [0.25, 0.3) is 5.91 Å². The molecule has 1 aromatic carbocycles. The molecule has 2 aliphatic heterocycles. The van der Waals surface area contributed by atoms with Crippen LogP contribution >= 0.6 is 0 Å². The molecule has 0 radical (unpaired) electrons. The Balaban J connectivity index is 1.41. The number of carbonyl (C=O) groups excluding carboxylic acids is 2. The molecule has 1 unspecified atom stereocenters. The van der Waals surface area contributed by atoms with Crippen molar-refractivity contribution in [1.29, 1.82) is 0 Å². The second kappa shape index (κ2) is 10.3. The third kappa shape index (κ3) is 5.11. The molecule has 0 bridgehead atoms. The van der Waals surface area contributed by atoms with Crippen molar-refractivity contribution in [2.45, 2.75) is 45.3 Å². The second-order valence-corrected chi connectivity index (χ2v) is 8.92. The molecule has 2 aromatic rings. The summed E-state index contributed by atoms with van der Waals surface area (Å²) in [6.07, 6.45) is 2.62. The number of nitrogens with zero attached hydrogens (tertiary/aromatic N) is 4. The maximum atomic E-state index is 14.8. The lowest BCUT2D eigenvalue weighted by Gasteiger charge is -2.31. The van der Waals surface area contributed by atoms with E-state index in [4.69, 9.17) is 9.47 Å². The zero-order valence-electron chi connectivity index (χ0n) is 19.7. The fraction of sp³-hybridized carbons (Fsp3) is 0.500. The Morgan fingerprint density at radius 1 is 1.29 bits per heavy atom. The third-order valence-corrected chi connectivity index (χ3v) is 6.34. The summed E-state index contributed by atoms with van der Waals surface area (Å²) in [7, 11) is 1.71. The number of carbonyl (C=O) groups is 2. The van der Waals surface area contributed by atoms with E-state index in [9.17, 15) is 14.0 Å². The molecule has 2 aliphatic rings. The van der Waals surface area contributed by atoms with Crippen LogP contribution in [0, 0.1) is 11.7 Å². The van der Waals surface area contributed by atoms with Crippen molar-refractivity contribution < 1.29 is 23.5 Å². The Morgan fingerprint density at radius 3 is 2.76 bits per heavy atom. The lowest BCUT2D eigenvalue weighted by molar-refractivity contribution is 0.0359. The third-order valence-electron chi connectivity index (χ3n) is 6.34. The highest BCUT2D eigenvalue weighted by Crippen LogP contribution is 2.26. The number of rotatable bonds is 7. The van der Waals surface area contributed by atoms with Crippen LogP contribution in [0.4, 0.5) is 21.0 Å². The summed E-state index contributed by atoms with van der Waals surface area (Å²) in [6, 6.07) is 6.16. The Kier molecular flexibility index (Phi) is 7.26. The number of hydrogen-bond acceptors (Lipinski definition) is 7. The lowest BCUT2D eigenvalue weighted by atomic mass is 10.0. The fourth-order valence-corrected chi connectivity index (χ4v) is 4.21. The Hall–Kier alpha value is -3.27. The highest BCUT2D eigenvalue weighted by Gasteiger charge is 2.37. The number of ether oxygens (including phenoxy) is 2. The zero-order chi connectivity index (χ0) is 24.2. The van der Waals surface area contributed by atoms with Gasteiger partial charge in [-0.1, -0.05) is 19.9 Å². The number of hydrogen-bond donors (Lipinski definition) is 1. The van der Waals surface area contributed by atoms with E-state index in [-0.39, 0.29) is 36.0 Å². The first-order valence-electron chi connectivity index (χ1n) is 11.5. The van der Waals surface area contributed by atoms with Gasteiger partial charge in [0, 0.05) is 39.0 Å². The summed E-state index contributed by atoms with van der Waals surface area (Å²) in [5.41, 5.74) is 0.681. The lowest BCUT2D eigenvalue weighted by Crippen LogP contribution is -2.40. The number of halogens is 1. The van der Waals surface area contributed by atoms with Crippen LogP contribution in [0.15, 0.2) is 30.5 Å². The van der Waals surface area contributed by atoms with Crippen LogP contribution in [-0.2, 0) is 16.0 Å². The molecule has 0 aliphatic carbocycles. The van der Waals surface area contributed by atoms with Gasteiger partial charge in [0.05, 0.1) is 11.6 Å². The summed E-state index contributed by atoms with van der Waals surface area (Å²) < 4.78 is 25.3. The fourth-order valence-electron chi connectivity index (χ4n) is 4.21. The minimum Gasteiger partial charge on any atom is -0.447 e. The van der Waals surface area contributed by atoms with E-state index in [0.717, 1.165) is 12.8 Å². The average Bonchev–Trinajstić information content (AvgIpc) is 3.24. The average molecular weight is 472 g/mol. The molecule has 182 valence electrons. The van der Waals surface area contributed by atoms with E-state index in [1.54, 1.807) is 30.3 Å². The number of amides is 2. The molecule has 2 amide bonds. The van der Waals surface area contributed by atoms with E-state index in [0.29, 0.717) is 37.2 Å². The molecule has 4 rings (SSSR count). The molecule has 2 fully saturated rings. The van der Waals surface area contributed by atoms with Crippen molar-refractivity contribution in [3.05, 3.63) is 47.4 Å². The molecule has 0 spiro atoms. The summed E-state index contributed by atoms with van der Waals surface area (Å²) in [5, 5.41) is 3.06. The van der Waals surface area contributed by atoms with Crippen LogP contribution in [0.5, 0.6) is 0 Å². The van der Waals surface area contributed by atoms with Gasteiger partial charge in [-0.3, -0.25) is 9.69 Å². The van der Waals surface area contributed by atoms with Crippen molar-refractivity contribution >= 4 is 23.8 Å². The van der Waals surface area contributed by atoms with Crippen LogP contribution in [-0.4, -0.2) is 65.8 Å². The first kappa shape index (κ1) is 23.9. The first-order chi connectivity index (χ1) is 16.3. The maximum absolute atomic E-state index is 14.8. The largest absolute Gasteiger partial charge is 0.447 e. The second-order valence-electron chi connectivity index (χ2n) is 8.92. The van der Waals surface area contributed by atoms with Crippen molar-refractivity contribution in [3.8, 4) is 0 Å². The number of aromatic nitrogens is 2. The molecule has 0 saturated carbocycles. The van der Waals surface area contributed by atoms with E-state index >= 15 is 0 Å². The van der Waals surface area contributed by atoms with Crippen LogP contribution < -0.4 is 10.2 Å². The van der Waals surface area contributed by atoms with Crippen LogP contribution in [0.3, 0.4) is 0 Å². The van der Waals surface area contributed by atoms with E-state index in [1.165, 1.54) is 17.0 Å². The molecule has 1 aromatic heterocycles. The Morgan fingerprint density at radius 2 is 2.06 bits per heavy atom. The van der Waals surface area contributed by atoms with Crippen LogP contribution in [0.25, 0.3) is 0 Å². The highest BCUT2D eigenvalue weighted by molar-refractivity contribution is 5.94. The van der Waals surface area contributed by atoms with Gasteiger partial charge in [-0.05, 0) is 42.5 Å². The summed E-state index contributed by atoms with van der Waals surface area (Å²) >= 11 is 0. The number of nitrogens with one attached hydrogen (secondary N) is 1. The van der Waals surface area contributed by atoms with Crippen molar-refractivity contribution in [3.63, 3.8) is 0 Å². The van der Waals surface area contributed by atoms with E-state index < -0.39 is 11.9 Å². The molecule has 34 heavy (non-hydrogen) atoms. The van der Waals surface area contributed by atoms with Gasteiger partial charge in [-0.2, -0.15) is 4.98 Å². The number of cyclic esters (lactones) is 1. The monoisotopic (exact) mass is 471 g/mol. The first-order valence-corrected chi connectivity index (χ1v) is 11.5. The standard InChI is InChI=1S/C24H30FN5O4/c1-15(2)20-14-34-24(32)30(20)21-6-9-26-23(28-21)27-13-16-4-5-18(19(25)12-16)22(31)29(3)17-7-10-33-11-8-17/h4-6,9,12,15,17,20H,7-8,10-11,13-14H2,1-3H3,(H,26,27,28). The summed E-state index contributed by atoms with van der Waals surface area (Å²) in [5.74, 6) is 0.0450. The van der Waals surface area contributed by atoms with Gasteiger partial charge in [0.1, 0.15) is 18.2 Å². The normalized spacial score (nSPS) is 18.8. The van der Waals surface area contributed by atoms with Crippen molar-refractivity contribution in [2.75, 3.05) is 37.1 Å². The molecule has 2 saturated heterocycles. The van der Waals surface area contributed by atoms with Gasteiger partial charge in [0.2, 0.25) is 5.95 Å². The van der Waals surface area contributed by atoms with Crippen LogP contribution in [0.2, 0.25) is 0 Å². The van der Waals surface area contributed by atoms with E-state index in [2.05, 4.69) is 15.3 Å². The van der Waals surface area contributed by atoms with E-state index in [1.807, 2.05) is 13.8 Å². The Bertz CT molecular complexity index is 1040. The maximum Gasteiger partial charge on any atom is 0.415 e. The van der Waals surface area contributed by atoms with Gasteiger partial charge in [-0.15, -0.1) is 0 Å².